The summed E-state index contributed by atoms with van der Waals surface area (Å²) in [4.78, 5) is 6.10. The summed E-state index contributed by atoms with van der Waals surface area (Å²) in [7, 11) is 3.59. The summed E-state index contributed by atoms with van der Waals surface area (Å²) in [5, 5.41) is 6.98. The maximum absolute atomic E-state index is 13.2. The Balaban J connectivity index is 1.93. The second-order valence-electron chi connectivity index (χ2n) is 4.38. The molecule has 0 aliphatic carbocycles. The zero-order chi connectivity index (χ0) is 14.4. The zero-order valence-corrected chi connectivity index (χ0v) is 11.5. The summed E-state index contributed by atoms with van der Waals surface area (Å²) in [6, 6.07) is 8.31. The van der Waals surface area contributed by atoms with Gasteiger partial charge in [0.25, 0.3) is 0 Å². The van der Waals surface area contributed by atoms with Crippen LogP contribution in [0.3, 0.4) is 0 Å². The molecular formula is C14H17FN4O. The van der Waals surface area contributed by atoms with Crippen LogP contribution < -0.4 is 5.32 Å². The van der Waals surface area contributed by atoms with E-state index in [1.54, 1.807) is 19.2 Å². The Hall–Kier alpha value is -2.37. The first kappa shape index (κ1) is 14.0. The van der Waals surface area contributed by atoms with Gasteiger partial charge in [-0.3, -0.25) is 4.99 Å². The van der Waals surface area contributed by atoms with Gasteiger partial charge in [0.05, 0.1) is 6.54 Å². The number of guanidine groups is 1. The lowest BCUT2D eigenvalue weighted by molar-refractivity contribution is 0.409. The van der Waals surface area contributed by atoms with Crippen LogP contribution in [0.25, 0.3) is 0 Å². The summed E-state index contributed by atoms with van der Waals surface area (Å²) in [6.45, 7) is 1.09. The van der Waals surface area contributed by atoms with Crippen LogP contribution >= 0.6 is 0 Å². The Morgan fingerprint density at radius 2 is 2.30 bits per heavy atom. The molecule has 0 aliphatic rings. The van der Waals surface area contributed by atoms with E-state index in [0.717, 1.165) is 11.3 Å². The molecule has 0 amide bonds. The molecule has 1 N–H and O–H groups in total. The van der Waals surface area contributed by atoms with E-state index in [4.69, 9.17) is 4.52 Å². The number of benzene rings is 1. The van der Waals surface area contributed by atoms with Crippen molar-refractivity contribution in [3.8, 4) is 0 Å². The standard InChI is InChI=1S/C14H17FN4O/c1-16-14(17-9-13-6-7-20-18-13)19(2)10-11-4-3-5-12(15)8-11/h3-8H,9-10H2,1-2H3,(H,16,17). The van der Waals surface area contributed by atoms with Gasteiger partial charge in [0.1, 0.15) is 17.8 Å². The van der Waals surface area contributed by atoms with Crippen LogP contribution in [0.5, 0.6) is 0 Å². The van der Waals surface area contributed by atoms with Crippen LogP contribution in [-0.2, 0) is 13.1 Å². The minimum Gasteiger partial charge on any atom is -0.364 e. The quantitative estimate of drug-likeness (QED) is 0.685. The molecule has 0 fully saturated rings. The largest absolute Gasteiger partial charge is 0.364 e. The molecule has 0 unspecified atom stereocenters. The number of rotatable bonds is 4. The smallest absolute Gasteiger partial charge is 0.194 e. The summed E-state index contributed by atoms with van der Waals surface area (Å²) < 4.78 is 17.9. The minimum atomic E-state index is -0.235. The first-order valence-corrected chi connectivity index (χ1v) is 6.24. The summed E-state index contributed by atoms with van der Waals surface area (Å²) in [5.74, 6) is 0.471. The monoisotopic (exact) mass is 276 g/mol. The number of halogens is 1. The average molecular weight is 276 g/mol. The van der Waals surface area contributed by atoms with Crippen LogP contribution in [0.4, 0.5) is 4.39 Å². The van der Waals surface area contributed by atoms with Gasteiger partial charge in [0.15, 0.2) is 5.96 Å². The van der Waals surface area contributed by atoms with E-state index in [0.29, 0.717) is 19.0 Å². The van der Waals surface area contributed by atoms with Crippen molar-refractivity contribution in [3.63, 3.8) is 0 Å². The van der Waals surface area contributed by atoms with Crippen molar-refractivity contribution < 1.29 is 8.91 Å². The molecule has 0 aliphatic heterocycles. The predicted octanol–water partition coefficient (Wildman–Crippen LogP) is 2.02. The minimum absolute atomic E-state index is 0.235. The molecule has 0 bridgehead atoms. The topological polar surface area (TPSA) is 53.7 Å². The van der Waals surface area contributed by atoms with Crippen molar-refractivity contribution in [2.45, 2.75) is 13.1 Å². The number of nitrogens with one attached hydrogen (secondary N) is 1. The van der Waals surface area contributed by atoms with Crippen molar-refractivity contribution in [2.24, 2.45) is 4.99 Å². The van der Waals surface area contributed by atoms with Gasteiger partial charge in [-0.05, 0) is 17.7 Å². The van der Waals surface area contributed by atoms with Gasteiger partial charge in [-0.2, -0.15) is 0 Å². The molecule has 0 spiro atoms. The van der Waals surface area contributed by atoms with E-state index in [1.165, 1.54) is 18.4 Å². The third kappa shape index (κ3) is 3.81. The maximum Gasteiger partial charge on any atom is 0.194 e. The molecule has 0 radical (unpaired) electrons. The van der Waals surface area contributed by atoms with Crippen molar-refractivity contribution in [3.05, 3.63) is 53.7 Å². The van der Waals surface area contributed by atoms with E-state index in [9.17, 15) is 4.39 Å². The molecular weight excluding hydrogens is 259 g/mol. The van der Waals surface area contributed by atoms with Crippen LogP contribution in [-0.4, -0.2) is 30.1 Å². The number of aromatic nitrogens is 1. The molecule has 1 aromatic carbocycles. The molecule has 106 valence electrons. The van der Waals surface area contributed by atoms with E-state index >= 15 is 0 Å². The SMILES string of the molecule is CN=C(NCc1ccon1)N(C)Cc1cccc(F)c1. The lowest BCUT2D eigenvalue weighted by atomic mass is 10.2. The van der Waals surface area contributed by atoms with Gasteiger partial charge < -0.3 is 14.7 Å². The molecule has 0 atom stereocenters. The Morgan fingerprint density at radius 1 is 1.45 bits per heavy atom. The highest BCUT2D eigenvalue weighted by Crippen LogP contribution is 2.06. The molecule has 6 heteroatoms. The van der Waals surface area contributed by atoms with Crippen molar-refractivity contribution in [2.75, 3.05) is 14.1 Å². The van der Waals surface area contributed by atoms with Gasteiger partial charge in [0.2, 0.25) is 0 Å². The summed E-state index contributed by atoms with van der Waals surface area (Å²) in [6.07, 6.45) is 1.52. The fraction of sp³-hybridized carbons (Fsp3) is 0.286. The molecule has 5 nitrogen and oxygen atoms in total. The number of aliphatic imine (C=N–C) groups is 1. The Bertz CT molecular complexity index is 568. The van der Waals surface area contributed by atoms with E-state index in [2.05, 4.69) is 15.5 Å². The lowest BCUT2D eigenvalue weighted by Crippen LogP contribution is -2.38. The second-order valence-corrected chi connectivity index (χ2v) is 4.38. The Labute approximate surface area is 117 Å². The normalized spacial score (nSPS) is 11.4. The van der Waals surface area contributed by atoms with Crippen LogP contribution in [0.1, 0.15) is 11.3 Å². The van der Waals surface area contributed by atoms with E-state index < -0.39 is 0 Å². The highest BCUT2D eigenvalue weighted by Gasteiger charge is 2.07. The molecule has 2 rings (SSSR count). The fourth-order valence-electron chi connectivity index (χ4n) is 1.87. The van der Waals surface area contributed by atoms with Crippen molar-refractivity contribution in [1.29, 1.82) is 0 Å². The average Bonchev–Trinajstić information content (AvgIpc) is 2.92. The van der Waals surface area contributed by atoms with Gasteiger partial charge >= 0.3 is 0 Å². The number of hydrogen-bond donors (Lipinski definition) is 1. The van der Waals surface area contributed by atoms with Gasteiger partial charge in [0, 0.05) is 26.7 Å². The second kappa shape index (κ2) is 6.70. The molecule has 0 saturated carbocycles. The predicted molar refractivity (Wildman–Crippen MR) is 74.6 cm³/mol. The van der Waals surface area contributed by atoms with Crippen LogP contribution in [0, 0.1) is 5.82 Å². The first-order valence-electron chi connectivity index (χ1n) is 6.24. The van der Waals surface area contributed by atoms with Crippen LogP contribution in [0.2, 0.25) is 0 Å². The molecule has 2 aromatic rings. The van der Waals surface area contributed by atoms with Gasteiger partial charge in [-0.15, -0.1) is 0 Å². The molecule has 20 heavy (non-hydrogen) atoms. The van der Waals surface area contributed by atoms with Crippen molar-refractivity contribution in [1.82, 2.24) is 15.4 Å². The Kier molecular flexibility index (Phi) is 4.70. The number of nitrogens with zero attached hydrogens (tertiary/aromatic N) is 3. The highest BCUT2D eigenvalue weighted by molar-refractivity contribution is 5.79. The number of hydrogen-bond acceptors (Lipinski definition) is 3. The summed E-state index contributed by atoms with van der Waals surface area (Å²) >= 11 is 0. The van der Waals surface area contributed by atoms with Gasteiger partial charge in [-0.25, -0.2) is 4.39 Å². The third-order valence-corrected chi connectivity index (χ3v) is 2.80. The third-order valence-electron chi connectivity index (χ3n) is 2.80. The summed E-state index contributed by atoms with van der Waals surface area (Å²) in [5.41, 5.74) is 1.68. The molecule has 0 saturated heterocycles. The lowest BCUT2D eigenvalue weighted by Gasteiger charge is -2.21. The molecule has 1 aromatic heterocycles. The van der Waals surface area contributed by atoms with Crippen LogP contribution in [0.15, 0.2) is 46.1 Å². The highest BCUT2D eigenvalue weighted by atomic mass is 19.1. The fourth-order valence-corrected chi connectivity index (χ4v) is 1.87. The Morgan fingerprint density at radius 3 is 2.95 bits per heavy atom. The maximum atomic E-state index is 13.2. The van der Waals surface area contributed by atoms with E-state index in [1.807, 2.05) is 18.0 Å². The molecule has 1 heterocycles. The van der Waals surface area contributed by atoms with E-state index in [-0.39, 0.29) is 5.82 Å². The van der Waals surface area contributed by atoms with Crippen molar-refractivity contribution >= 4 is 5.96 Å². The zero-order valence-electron chi connectivity index (χ0n) is 11.5. The van der Waals surface area contributed by atoms with Gasteiger partial charge in [-0.1, -0.05) is 17.3 Å². The first-order chi connectivity index (χ1) is 9.69.